The lowest BCUT2D eigenvalue weighted by molar-refractivity contribution is 0.0376. The van der Waals surface area contributed by atoms with E-state index in [9.17, 15) is 4.79 Å². The minimum atomic E-state index is -0.681. The van der Waals surface area contributed by atoms with E-state index in [2.05, 4.69) is 30.2 Å². The van der Waals surface area contributed by atoms with E-state index in [0.29, 0.717) is 50.7 Å². The summed E-state index contributed by atoms with van der Waals surface area (Å²) in [5.74, 6) is -0.359. The highest BCUT2D eigenvalue weighted by Crippen LogP contribution is 2.34. The van der Waals surface area contributed by atoms with Gasteiger partial charge in [-0.15, -0.1) is 0 Å². The first-order valence-electron chi connectivity index (χ1n) is 13.3. The molecule has 13 heteroatoms. The molecule has 3 aliphatic rings. The number of urea groups is 1. The van der Waals surface area contributed by atoms with Crippen LogP contribution in [0.4, 0.5) is 21.1 Å². The summed E-state index contributed by atoms with van der Waals surface area (Å²) < 4.78 is 27.2. The van der Waals surface area contributed by atoms with Crippen LogP contribution in [0.25, 0.3) is 11.3 Å². The second-order valence-electron chi connectivity index (χ2n) is 10.2. The molecule has 0 aromatic carbocycles. The third-order valence-electron chi connectivity index (χ3n) is 7.50. The minimum Gasteiger partial charge on any atom is -0.472 e. The summed E-state index contributed by atoms with van der Waals surface area (Å²) in [6, 6.07) is -0.0706. The zero-order chi connectivity index (χ0) is 26.6. The Morgan fingerprint density at radius 2 is 1.97 bits per heavy atom. The van der Waals surface area contributed by atoms with Gasteiger partial charge in [0, 0.05) is 63.5 Å². The van der Waals surface area contributed by atoms with Crippen molar-refractivity contribution in [1.29, 1.82) is 0 Å². The lowest BCUT2D eigenvalue weighted by Crippen LogP contribution is -2.53. The number of hydrogen-bond acceptors (Lipinski definition) is 10. The molecule has 2 aliphatic heterocycles. The van der Waals surface area contributed by atoms with Crippen molar-refractivity contribution in [1.82, 2.24) is 35.1 Å². The Morgan fingerprint density at radius 1 is 1.24 bits per heavy atom. The van der Waals surface area contributed by atoms with Gasteiger partial charge in [-0.2, -0.15) is 9.37 Å². The summed E-state index contributed by atoms with van der Waals surface area (Å²) in [5.41, 5.74) is 6.04. The molecule has 5 rings (SSSR count). The summed E-state index contributed by atoms with van der Waals surface area (Å²) in [7, 11) is 1.79. The van der Waals surface area contributed by atoms with Crippen molar-refractivity contribution >= 4 is 17.9 Å². The summed E-state index contributed by atoms with van der Waals surface area (Å²) >= 11 is 0. The van der Waals surface area contributed by atoms with Gasteiger partial charge in [-0.3, -0.25) is 0 Å². The average Bonchev–Trinajstić information content (AvgIpc) is 3.41. The van der Waals surface area contributed by atoms with Gasteiger partial charge in [0.2, 0.25) is 17.7 Å². The number of ether oxygens (including phenoxy) is 2. The maximum absolute atomic E-state index is 15.6. The molecule has 2 aromatic heterocycles. The normalized spacial score (nSPS) is 23.7. The third kappa shape index (κ3) is 5.88. The van der Waals surface area contributed by atoms with Crippen LogP contribution in [0.15, 0.2) is 12.4 Å². The van der Waals surface area contributed by atoms with Crippen LogP contribution in [0, 0.1) is 5.82 Å². The first-order chi connectivity index (χ1) is 18.4. The van der Waals surface area contributed by atoms with Gasteiger partial charge in [0.1, 0.15) is 11.8 Å². The monoisotopic (exact) mass is 529 g/mol. The predicted molar refractivity (Wildman–Crippen MR) is 139 cm³/mol. The number of nitrogens with one attached hydrogen (secondary N) is 1. The SMILES string of the molecule is C[C@H]1COCCN1c1nc(O[C@H]2C[C@H](N(C)C(=O)NCCN3CCCC3)C2)c(F)c(-c2cnc(N)nc2)n1. The predicted octanol–water partition coefficient (Wildman–Crippen LogP) is 1.53. The number of nitrogen functional groups attached to an aromatic ring is 1. The van der Waals surface area contributed by atoms with Crippen molar-refractivity contribution in [3.8, 4) is 17.1 Å². The van der Waals surface area contributed by atoms with Crippen LogP contribution in [0.3, 0.4) is 0 Å². The quantitative estimate of drug-likeness (QED) is 0.518. The number of likely N-dealkylation sites (tertiary alicyclic amines) is 1. The van der Waals surface area contributed by atoms with Crippen LogP contribution < -0.4 is 20.7 Å². The molecule has 1 saturated carbocycles. The highest BCUT2D eigenvalue weighted by Gasteiger charge is 2.37. The second kappa shape index (κ2) is 11.6. The largest absolute Gasteiger partial charge is 0.472 e. The maximum Gasteiger partial charge on any atom is 0.317 e. The molecule has 12 nitrogen and oxygen atoms in total. The zero-order valence-corrected chi connectivity index (χ0v) is 22.0. The Bertz CT molecular complexity index is 1110. The summed E-state index contributed by atoms with van der Waals surface area (Å²) in [4.78, 5) is 35.5. The highest BCUT2D eigenvalue weighted by atomic mass is 19.1. The van der Waals surface area contributed by atoms with Crippen LogP contribution in [0.1, 0.15) is 32.6 Å². The van der Waals surface area contributed by atoms with Crippen molar-refractivity contribution in [2.75, 3.05) is 63.6 Å². The van der Waals surface area contributed by atoms with Crippen molar-refractivity contribution in [3.05, 3.63) is 18.2 Å². The van der Waals surface area contributed by atoms with Crippen molar-refractivity contribution < 1.29 is 18.7 Å². The lowest BCUT2D eigenvalue weighted by atomic mass is 9.88. The topological polar surface area (TPSA) is 135 Å². The van der Waals surface area contributed by atoms with Crippen molar-refractivity contribution in [3.63, 3.8) is 0 Å². The van der Waals surface area contributed by atoms with Crippen LogP contribution >= 0.6 is 0 Å². The molecule has 0 bridgehead atoms. The molecule has 38 heavy (non-hydrogen) atoms. The fraction of sp³-hybridized carbons (Fsp3) is 0.640. The Kier molecular flexibility index (Phi) is 8.03. The number of hydrogen-bond donors (Lipinski definition) is 2. The van der Waals surface area contributed by atoms with E-state index in [1.807, 2.05) is 11.8 Å². The number of carbonyl (C=O) groups is 1. The molecular formula is C25H36FN9O3. The fourth-order valence-corrected chi connectivity index (χ4v) is 5.02. The minimum absolute atomic E-state index is 0.0142. The van der Waals surface area contributed by atoms with Crippen molar-refractivity contribution in [2.24, 2.45) is 0 Å². The van der Waals surface area contributed by atoms with Crippen LogP contribution in [0.5, 0.6) is 5.88 Å². The van der Waals surface area contributed by atoms with Crippen LogP contribution in [-0.4, -0.2) is 107 Å². The van der Waals surface area contributed by atoms with E-state index >= 15 is 4.39 Å². The zero-order valence-electron chi connectivity index (χ0n) is 22.0. The molecule has 0 unspecified atom stereocenters. The van der Waals surface area contributed by atoms with E-state index < -0.39 is 5.82 Å². The molecule has 2 amide bonds. The van der Waals surface area contributed by atoms with E-state index in [1.165, 1.54) is 25.2 Å². The smallest absolute Gasteiger partial charge is 0.317 e. The number of amides is 2. The standard InChI is InChI=1S/C25H36FN9O3/c1-16-15-37-10-9-35(16)24-31-21(17-13-29-23(27)30-14-17)20(26)22(32-24)38-19-11-18(12-19)33(2)25(36)28-5-8-34-6-3-4-7-34/h13-14,16,18-19H,3-12,15H2,1-2H3,(H,28,36)(H2,27,29,30)/t16-,18-,19-/m0/s1. The molecular weight excluding hydrogens is 493 g/mol. The van der Waals surface area contributed by atoms with Gasteiger partial charge in [0.25, 0.3) is 5.88 Å². The highest BCUT2D eigenvalue weighted by molar-refractivity contribution is 5.74. The second-order valence-corrected chi connectivity index (χ2v) is 10.2. The van der Waals surface area contributed by atoms with E-state index in [4.69, 9.17) is 15.2 Å². The fourth-order valence-electron chi connectivity index (χ4n) is 5.02. The number of halogens is 1. The van der Waals surface area contributed by atoms with Crippen LogP contribution in [-0.2, 0) is 4.74 Å². The van der Waals surface area contributed by atoms with Gasteiger partial charge in [-0.25, -0.2) is 19.7 Å². The molecule has 3 fully saturated rings. The molecule has 0 spiro atoms. The number of aromatic nitrogens is 4. The van der Waals surface area contributed by atoms with E-state index in [-0.39, 0.29) is 41.7 Å². The maximum atomic E-state index is 15.6. The molecule has 2 saturated heterocycles. The van der Waals surface area contributed by atoms with Gasteiger partial charge in [0.15, 0.2) is 0 Å². The summed E-state index contributed by atoms with van der Waals surface area (Å²) in [5, 5.41) is 3.00. The Morgan fingerprint density at radius 3 is 2.68 bits per heavy atom. The Balaban J connectivity index is 1.24. The number of morpholine rings is 1. The Hall–Kier alpha value is -3.32. The summed E-state index contributed by atoms with van der Waals surface area (Å²) in [6.45, 7) is 7.33. The van der Waals surface area contributed by atoms with Gasteiger partial charge >= 0.3 is 6.03 Å². The van der Waals surface area contributed by atoms with E-state index in [1.54, 1.807) is 11.9 Å². The molecule has 1 aliphatic carbocycles. The van der Waals surface area contributed by atoms with Gasteiger partial charge in [0.05, 0.1) is 19.3 Å². The van der Waals surface area contributed by atoms with E-state index in [0.717, 1.165) is 19.6 Å². The van der Waals surface area contributed by atoms with Gasteiger partial charge < -0.3 is 35.2 Å². The molecule has 1 atom stereocenters. The van der Waals surface area contributed by atoms with Crippen LogP contribution in [0.2, 0.25) is 0 Å². The van der Waals surface area contributed by atoms with Gasteiger partial charge in [-0.05, 0) is 32.9 Å². The molecule has 3 N–H and O–H groups in total. The number of nitrogens with zero attached hydrogens (tertiary/aromatic N) is 7. The molecule has 2 aromatic rings. The summed E-state index contributed by atoms with van der Waals surface area (Å²) in [6.07, 6.45) is 6.22. The number of nitrogens with two attached hydrogens (primary N) is 1. The number of rotatable bonds is 8. The first-order valence-corrected chi connectivity index (χ1v) is 13.3. The average molecular weight is 530 g/mol. The number of anilines is 2. The third-order valence-corrected chi connectivity index (χ3v) is 7.50. The van der Waals surface area contributed by atoms with Gasteiger partial charge in [-0.1, -0.05) is 0 Å². The molecule has 4 heterocycles. The first kappa shape index (κ1) is 26.3. The van der Waals surface area contributed by atoms with Crippen molar-refractivity contribution in [2.45, 2.75) is 50.8 Å². The molecule has 206 valence electrons. The molecule has 0 radical (unpaired) electrons. The number of carbonyl (C=O) groups excluding carboxylic acids is 1. The lowest BCUT2D eigenvalue weighted by Gasteiger charge is -2.40. The Labute approximate surface area is 221 Å².